The number of thiophene rings is 1. The predicted molar refractivity (Wildman–Crippen MR) is 111 cm³/mol. The largest absolute Gasteiger partial charge is 0.299 e. The lowest BCUT2D eigenvalue weighted by molar-refractivity contribution is 0.248. The molecule has 2 heterocycles. The van der Waals surface area contributed by atoms with Crippen LogP contribution in [0, 0.1) is 0 Å². The molecule has 1 aliphatic rings. The van der Waals surface area contributed by atoms with Crippen LogP contribution in [-0.2, 0) is 23.0 Å². The average Bonchev–Trinajstić information content (AvgIpc) is 3.16. The maximum absolute atomic E-state index is 12.0. The van der Waals surface area contributed by atoms with Crippen molar-refractivity contribution in [2.45, 2.75) is 42.9 Å². The van der Waals surface area contributed by atoms with Crippen molar-refractivity contribution < 1.29 is 8.42 Å². The first kappa shape index (κ1) is 21.4. The number of unbranched alkanes of at least 4 members (excludes halogenated alkanes) is 3. The Labute approximate surface area is 167 Å². The summed E-state index contributed by atoms with van der Waals surface area (Å²) in [5, 5.41) is 1.79. The Morgan fingerprint density at radius 2 is 1.77 bits per heavy atom. The molecule has 4 nitrogen and oxygen atoms in total. The van der Waals surface area contributed by atoms with E-state index in [9.17, 15) is 8.42 Å². The molecule has 1 N–H and O–H groups in total. The monoisotopic (exact) mass is 414 g/mol. The smallest absolute Gasteiger partial charge is 0.250 e. The Hall–Kier alpha value is -0.920. The fraction of sp³-hybridized carbons (Fsp3) is 0.474. The van der Waals surface area contributed by atoms with Crippen LogP contribution in [0.5, 0.6) is 0 Å². The van der Waals surface area contributed by atoms with Crippen LogP contribution >= 0.6 is 23.7 Å². The molecule has 0 amide bonds. The van der Waals surface area contributed by atoms with Crippen molar-refractivity contribution in [2.75, 3.05) is 19.6 Å². The Kier molecular flexibility index (Phi) is 8.57. The highest BCUT2D eigenvalue weighted by Crippen LogP contribution is 2.19. The first-order chi connectivity index (χ1) is 12.1. The van der Waals surface area contributed by atoms with Crippen LogP contribution in [0.2, 0.25) is 0 Å². The molecule has 7 heteroatoms. The number of nitrogens with zero attached hydrogens (tertiary/aromatic N) is 1. The zero-order valence-corrected chi connectivity index (χ0v) is 17.3. The fourth-order valence-electron chi connectivity index (χ4n) is 3.25. The Morgan fingerprint density at radius 1 is 1.00 bits per heavy atom. The molecular formula is C19H27ClN2O2S2. The van der Waals surface area contributed by atoms with E-state index in [1.807, 2.05) is 0 Å². The number of hydrogen-bond donors (Lipinski definition) is 1. The van der Waals surface area contributed by atoms with E-state index in [1.165, 1.54) is 28.9 Å². The van der Waals surface area contributed by atoms with Gasteiger partial charge >= 0.3 is 0 Å². The van der Waals surface area contributed by atoms with Gasteiger partial charge in [-0.15, -0.1) is 23.7 Å². The minimum atomic E-state index is -3.29. The van der Waals surface area contributed by atoms with E-state index in [1.54, 1.807) is 17.5 Å². The lowest BCUT2D eigenvalue weighted by Crippen LogP contribution is -2.31. The fourth-order valence-corrected chi connectivity index (χ4v) is 5.36. The molecule has 1 aromatic heterocycles. The summed E-state index contributed by atoms with van der Waals surface area (Å²) >= 11 is 1.26. The van der Waals surface area contributed by atoms with Gasteiger partial charge in [-0.05, 0) is 48.4 Å². The van der Waals surface area contributed by atoms with Crippen LogP contribution in [0.4, 0.5) is 0 Å². The van der Waals surface area contributed by atoms with Crippen molar-refractivity contribution in [1.82, 2.24) is 9.62 Å². The van der Waals surface area contributed by atoms with Gasteiger partial charge in [0.15, 0.2) is 0 Å². The van der Waals surface area contributed by atoms with Crippen LogP contribution in [0.15, 0.2) is 46.0 Å². The number of benzene rings is 1. The second-order valence-electron chi connectivity index (χ2n) is 6.54. The number of sulfonamides is 1. The first-order valence-corrected chi connectivity index (χ1v) is 11.3. The zero-order chi connectivity index (χ0) is 17.5. The summed E-state index contributed by atoms with van der Waals surface area (Å²) in [4.78, 5) is 2.53. The van der Waals surface area contributed by atoms with E-state index in [0.29, 0.717) is 10.8 Å². The molecule has 0 aliphatic carbocycles. The number of halogens is 1. The molecule has 0 unspecified atom stereocenters. The van der Waals surface area contributed by atoms with Gasteiger partial charge in [-0.2, -0.15) is 0 Å². The molecule has 1 aromatic carbocycles. The van der Waals surface area contributed by atoms with Gasteiger partial charge in [0, 0.05) is 19.6 Å². The van der Waals surface area contributed by atoms with Crippen molar-refractivity contribution in [2.24, 2.45) is 0 Å². The molecule has 26 heavy (non-hydrogen) atoms. The molecule has 0 saturated heterocycles. The average molecular weight is 415 g/mol. The molecule has 3 rings (SSSR count). The van der Waals surface area contributed by atoms with Gasteiger partial charge in [0.1, 0.15) is 4.21 Å². The second-order valence-corrected chi connectivity index (χ2v) is 9.48. The third kappa shape index (κ3) is 6.06. The van der Waals surface area contributed by atoms with Gasteiger partial charge in [-0.1, -0.05) is 43.2 Å². The maximum Gasteiger partial charge on any atom is 0.250 e. The highest BCUT2D eigenvalue weighted by Gasteiger charge is 2.15. The van der Waals surface area contributed by atoms with Gasteiger partial charge in [0.2, 0.25) is 10.0 Å². The molecule has 0 saturated carbocycles. The van der Waals surface area contributed by atoms with Gasteiger partial charge in [-0.25, -0.2) is 13.1 Å². The Morgan fingerprint density at radius 3 is 2.54 bits per heavy atom. The first-order valence-electron chi connectivity index (χ1n) is 8.97. The van der Waals surface area contributed by atoms with Gasteiger partial charge in [0.25, 0.3) is 0 Å². The summed E-state index contributed by atoms with van der Waals surface area (Å²) in [6, 6.07) is 12.1. The minimum Gasteiger partial charge on any atom is -0.299 e. The van der Waals surface area contributed by atoms with Gasteiger partial charge < -0.3 is 0 Å². The molecular weight excluding hydrogens is 388 g/mol. The second kappa shape index (κ2) is 10.4. The van der Waals surface area contributed by atoms with E-state index in [-0.39, 0.29) is 12.4 Å². The molecule has 144 valence electrons. The molecule has 2 aromatic rings. The number of nitrogens with one attached hydrogen (secondary N) is 1. The number of fused-ring (bicyclic) bond motifs is 1. The maximum atomic E-state index is 12.0. The van der Waals surface area contributed by atoms with Crippen LogP contribution in [0.3, 0.4) is 0 Å². The van der Waals surface area contributed by atoms with E-state index >= 15 is 0 Å². The Balaban J connectivity index is 0.00000243. The topological polar surface area (TPSA) is 49.4 Å². The van der Waals surface area contributed by atoms with Crippen molar-refractivity contribution in [1.29, 1.82) is 0 Å². The van der Waals surface area contributed by atoms with Crippen LogP contribution in [0.1, 0.15) is 36.8 Å². The number of rotatable bonds is 9. The molecule has 0 spiro atoms. The standard InChI is InChI=1S/C19H26N2O2S2.ClH/c22-25(23,19-10-7-15-24-19)20-12-5-1-2-6-13-21-14-11-17-8-3-4-9-18(17)16-21;/h3-4,7-10,15,20H,1-2,5-6,11-14,16H2;1H. The summed E-state index contributed by atoms with van der Waals surface area (Å²) in [5.41, 5.74) is 2.97. The lowest BCUT2D eigenvalue weighted by Gasteiger charge is -2.28. The summed E-state index contributed by atoms with van der Waals surface area (Å²) in [6.07, 6.45) is 5.45. The third-order valence-electron chi connectivity index (χ3n) is 4.66. The quantitative estimate of drug-likeness (QED) is 0.629. The highest BCUT2D eigenvalue weighted by molar-refractivity contribution is 7.91. The predicted octanol–water partition coefficient (Wildman–Crippen LogP) is 4.07. The van der Waals surface area contributed by atoms with Crippen LogP contribution in [0.25, 0.3) is 0 Å². The summed E-state index contributed by atoms with van der Waals surface area (Å²) in [7, 11) is -3.29. The highest BCUT2D eigenvalue weighted by atomic mass is 35.5. The van der Waals surface area contributed by atoms with Crippen molar-refractivity contribution in [3.8, 4) is 0 Å². The number of hydrogen-bond acceptors (Lipinski definition) is 4. The van der Waals surface area contributed by atoms with E-state index in [4.69, 9.17) is 0 Å². The molecule has 1 aliphatic heterocycles. The van der Waals surface area contributed by atoms with E-state index < -0.39 is 10.0 Å². The van der Waals surface area contributed by atoms with Crippen molar-refractivity contribution in [3.63, 3.8) is 0 Å². The van der Waals surface area contributed by atoms with E-state index in [0.717, 1.165) is 45.3 Å². The zero-order valence-electron chi connectivity index (χ0n) is 14.9. The summed E-state index contributed by atoms with van der Waals surface area (Å²) in [6.45, 7) is 3.88. The van der Waals surface area contributed by atoms with Gasteiger partial charge in [0.05, 0.1) is 0 Å². The minimum absolute atomic E-state index is 0. The molecule has 0 radical (unpaired) electrons. The Bertz CT molecular complexity index is 764. The molecule has 0 fully saturated rings. The SMILES string of the molecule is Cl.O=S(=O)(NCCCCCCN1CCc2ccccc2C1)c1cccs1. The van der Waals surface area contributed by atoms with Gasteiger partial charge in [-0.3, -0.25) is 4.90 Å². The summed E-state index contributed by atoms with van der Waals surface area (Å²) < 4.78 is 27.0. The lowest BCUT2D eigenvalue weighted by atomic mass is 10.00. The van der Waals surface area contributed by atoms with Crippen LogP contribution < -0.4 is 4.72 Å². The van der Waals surface area contributed by atoms with Crippen molar-refractivity contribution in [3.05, 3.63) is 52.9 Å². The molecule has 0 atom stereocenters. The third-order valence-corrected chi connectivity index (χ3v) is 7.52. The van der Waals surface area contributed by atoms with Crippen LogP contribution in [-0.4, -0.2) is 33.0 Å². The van der Waals surface area contributed by atoms with Crippen molar-refractivity contribution >= 4 is 33.8 Å². The summed E-state index contributed by atoms with van der Waals surface area (Å²) in [5.74, 6) is 0. The molecule has 0 bridgehead atoms. The normalized spacial score (nSPS) is 14.6. The van der Waals surface area contributed by atoms with E-state index in [2.05, 4.69) is 33.9 Å².